The van der Waals surface area contributed by atoms with E-state index in [4.69, 9.17) is 23.2 Å². The highest BCUT2D eigenvalue weighted by Gasteiger charge is 2.37. The molecular weight excluding hydrogens is 377 g/mol. The molecule has 2 aromatic carbocycles. The molecule has 0 aliphatic carbocycles. The Morgan fingerprint density at radius 3 is 2.12 bits per heavy atom. The molecule has 0 aromatic heterocycles. The molecule has 9 heteroatoms. The van der Waals surface area contributed by atoms with Gasteiger partial charge in [0.2, 0.25) is 5.91 Å². The molecule has 0 radical (unpaired) electrons. The standard InChI is InChI=1S/C16H8Cl2F2N2O3/c17-10-4-8-9(5-11(10)18)16(25)22(15(8)24)6-14(23)21-13-3-7(19)1-2-12(13)20/h1-5H,6H2,(H,21,23). The van der Waals surface area contributed by atoms with Crippen molar-refractivity contribution in [3.63, 3.8) is 0 Å². The lowest BCUT2D eigenvalue weighted by Gasteiger charge is -2.14. The van der Waals surface area contributed by atoms with Crippen molar-refractivity contribution in [2.45, 2.75) is 0 Å². The van der Waals surface area contributed by atoms with Gasteiger partial charge < -0.3 is 5.32 Å². The predicted molar refractivity (Wildman–Crippen MR) is 86.8 cm³/mol. The minimum absolute atomic E-state index is 0.0177. The van der Waals surface area contributed by atoms with Gasteiger partial charge in [-0.05, 0) is 24.3 Å². The van der Waals surface area contributed by atoms with Crippen LogP contribution in [0.2, 0.25) is 10.0 Å². The minimum atomic E-state index is -0.865. The Hall–Kier alpha value is -2.51. The van der Waals surface area contributed by atoms with E-state index in [0.29, 0.717) is 4.90 Å². The van der Waals surface area contributed by atoms with Crippen LogP contribution in [0.25, 0.3) is 0 Å². The van der Waals surface area contributed by atoms with Gasteiger partial charge in [0.15, 0.2) is 0 Å². The number of imide groups is 1. The fourth-order valence-electron chi connectivity index (χ4n) is 2.35. The fourth-order valence-corrected chi connectivity index (χ4v) is 2.68. The molecule has 0 fully saturated rings. The van der Waals surface area contributed by atoms with Crippen LogP contribution in [0.5, 0.6) is 0 Å². The highest BCUT2D eigenvalue weighted by molar-refractivity contribution is 6.43. The summed E-state index contributed by atoms with van der Waals surface area (Å²) in [5.41, 5.74) is -0.360. The van der Waals surface area contributed by atoms with Crippen molar-refractivity contribution >= 4 is 46.6 Å². The van der Waals surface area contributed by atoms with Crippen LogP contribution in [0, 0.1) is 11.6 Å². The Balaban J connectivity index is 1.79. The number of carbonyl (C=O) groups is 3. The number of fused-ring (bicyclic) bond motifs is 1. The lowest BCUT2D eigenvalue weighted by atomic mass is 10.1. The second-order valence-corrected chi connectivity index (χ2v) is 6.00. The molecule has 0 bridgehead atoms. The smallest absolute Gasteiger partial charge is 0.262 e. The predicted octanol–water partition coefficient (Wildman–Crippen LogP) is 3.51. The average molecular weight is 385 g/mol. The molecule has 0 saturated carbocycles. The molecule has 1 aliphatic heterocycles. The number of nitrogens with zero attached hydrogens (tertiary/aromatic N) is 1. The molecule has 5 nitrogen and oxygen atoms in total. The van der Waals surface area contributed by atoms with Crippen LogP contribution in [0.3, 0.4) is 0 Å². The third-order valence-electron chi connectivity index (χ3n) is 3.52. The van der Waals surface area contributed by atoms with E-state index in [9.17, 15) is 23.2 Å². The maximum atomic E-state index is 13.5. The normalized spacial score (nSPS) is 13.2. The number of hydrogen-bond donors (Lipinski definition) is 1. The van der Waals surface area contributed by atoms with Crippen LogP contribution in [0.15, 0.2) is 30.3 Å². The Labute approximate surface area is 150 Å². The summed E-state index contributed by atoms with van der Waals surface area (Å²) in [5.74, 6) is -3.92. The number of hydrogen-bond acceptors (Lipinski definition) is 3. The lowest BCUT2D eigenvalue weighted by Crippen LogP contribution is -2.37. The van der Waals surface area contributed by atoms with Crippen LogP contribution in [-0.4, -0.2) is 29.2 Å². The third-order valence-corrected chi connectivity index (χ3v) is 4.24. The molecule has 1 N–H and O–H groups in total. The van der Waals surface area contributed by atoms with Crippen LogP contribution in [0.4, 0.5) is 14.5 Å². The molecule has 1 aliphatic rings. The maximum Gasteiger partial charge on any atom is 0.262 e. The van der Waals surface area contributed by atoms with Gasteiger partial charge >= 0.3 is 0 Å². The largest absolute Gasteiger partial charge is 0.322 e. The van der Waals surface area contributed by atoms with Gasteiger partial charge in [0.25, 0.3) is 11.8 Å². The Morgan fingerprint density at radius 1 is 1.00 bits per heavy atom. The lowest BCUT2D eigenvalue weighted by molar-refractivity contribution is -0.116. The van der Waals surface area contributed by atoms with Crippen molar-refractivity contribution in [1.29, 1.82) is 0 Å². The van der Waals surface area contributed by atoms with Gasteiger partial charge in [0.05, 0.1) is 26.9 Å². The second-order valence-electron chi connectivity index (χ2n) is 5.18. The third kappa shape index (κ3) is 3.20. The summed E-state index contributed by atoms with van der Waals surface area (Å²) < 4.78 is 26.7. The zero-order valence-corrected chi connectivity index (χ0v) is 13.8. The van der Waals surface area contributed by atoms with Crippen LogP contribution in [-0.2, 0) is 4.79 Å². The number of carbonyl (C=O) groups excluding carboxylic acids is 3. The molecule has 0 saturated heterocycles. The molecule has 0 unspecified atom stereocenters. The molecule has 2 aromatic rings. The van der Waals surface area contributed by atoms with E-state index in [1.54, 1.807) is 0 Å². The van der Waals surface area contributed by atoms with Gasteiger partial charge in [-0.1, -0.05) is 23.2 Å². The summed E-state index contributed by atoms with van der Waals surface area (Å²) >= 11 is 11.7. The fraction of sp³-hybridized carbons (Fsp3) is 0.0625. The van der Waals surface area contributed by atoms with E-state index in [1.807, 2.05) is 0 Å². The summed E-state index contributed by atoms with van der Waals surface area (Å²) in [5, 5.41) is 2.30. The quantitative estimate of drug-likeness (QED) is 0.823. The molecule has 1 heterocycles. The first-order valence-electron chi connectivity index (χ1n) is 6.88. The highest BCUT2D eigenvalue weighted by atomic mass is 35.5. The number of amides is 3. The summed E-state index contributed by atoms with van der Waals surface area (Å²) in [6.07, 6.45) is 0. The van der Waals surface area contributed by atoms with Crippen molar-refractivity contribution in [1.82, 2.24) is 4.90 Å². The van der Waals surface area contributed by atoms with E-state index >= 15 is 0 Å². The summed E-state index contributed by atoms with van der Waals surface area (Å²) in [6, 6.07) is 5.00. The van der Waals surface area contributed by atoms with Gasteiger partial charge in [0.1, 0.15) is 18.2 Å². The zero-order chi connectivity index (χ0) is 18.3. The molecule has 0 spiro atoms. The number of benzene rings is 2. The topological polar surface area (TPSA) is 66.5 Å². The Morgan fingerprint density at radius 2 is 1.56 bits per heavy atom. The number of nitrogens with one attached hydrogen (secondary N) is 1. The van der Waals surface area contributed by atoms with Crippen molar-refractivity contribution in [2.24, 2.45) is 0 Å². The molecular formula is C16H8Cl2F2N2O3. The van der Waals surface area contributed by atoms with E-state index < -0.39 is 41.6 Å². The number of halogens is 4. The van der Waals surface area contributed by atoms with E-state index in [0.717, 1.165) is 18.2 Å². The van der Waals surface area contributed by atoms with Crippen LogP contribution in [0.1, 0.15) is 20.7 Å². The zero-order valence-electron chi connectivity index (χ0n) is 12.3. The highest BCUT2D eigenvalue weighted by Crippen LogP contribution is 2.31. The maximum absolute atomic E-state index is 13.5. The van der Waals surface area contributed by atoms with Gasteiger partial charge in [-0.15, -0.1) is 0 Å². The van der Waals surface area contributed by atoms with Gasteiger partial charge in [-0.25, -0.2) is 8.78 Å². The van der Waals surface area contributed by atoms with Crippen molar-refractivity contribution in [3.05, 3.63) is 63.1 Å². The summed E-state index contributed by atoms with van der Waals surface area (Å²) in [7, 11) is 0. The molecule has 3 rings (SSSR count). The molecule has 128 valence electrons. The first kappa shape index (κ1) is 17.3. The number of anilines is 1. The molecule has 25 heavy (non-hydrogen) atoms. The van der Waals surface area contributed by atoms with Gasteiger partial charge in [-0.2, -0.15) is 0 Å². The van der Waals surface area contributed by atoms with Crippen molar-refractivity contribution in [3.8, 4) is 0 Å². The number of rotatable bonds is 3. The monoisotopic (exact) mass is 384 g/mol. The minimum Gasteiger partial charge on any atom is -0.322 e. The first-order chi connectivity index (χ1) is 11.8. The molecule has 3 amide bonds. The van der Waals surface area contributed by atoms with E-state index in [1.165, 1.54) is 12.1 Å². The second kappa shape index (κ2) is 6.42. The average Bonchev–Trinajstić information content (AvgIpc) is 2.76. The van der Waals surface area contributed by atoms with Crippen LogP contribution >= 0.6 is 23.2 Å². The SMILES string of the molecule is O=C(CN1C(=O)c2cc(Cl)c(Cl)cc2C1=O)Nc1cc(F)ccc1F. The first-order valence-corrected chi connectivity index (χ1v) is 7.63. The summed E-state index contributed by atoms with van der Waals surface area (Å²) in [4.78, 5) is 37.2. The Bertz CT molecular complexity index is 893. The van der Waals surface area contributed by atoms with Crippen LogP contribution < -0.4 is 5.32 Å². The Kier molecular flexibility index (Phi) is 4.45. The van der Waals surface area contributed by atoms with Crippen molar-refractivity contribution < 1.29 is 23.2 Å². The van der Waals surface area contributed by atoms with E-state index in [-0.39, 0.29) is 21.2 Å². The summed E-state index contributed by atoms with van der Waals surface area (Å²) in [6.45, 7) is -0.669. The van der Waals surface area contributed by atoms with E-state index in [2.05, 4.69) is 5.32 Å². The van der Waals surface area contributed by atoms with Gasteiger partial charge in [-0.3, -0.25) is 19.3 Å². The van der Waals surface area contributed by atoms with Gasteiger partial charge in [0, 0.05) is 6.07 Å². The molecule has 0 atom stereocenters. The van der Waals surface area contributed by atoms with Crippen molar-refractivity contribution in [2.75, 3.05) is 11.9 Å².